The molecule has 0 fully saturated rings. The van der Waals surface area contributed by atoms with E-state index < -0.39 is 34.3 Å². The highest BCUT2D eigenvalue weighted by Crippen LogP contribution is 2.18. The molecule has 0 heterocycles. The molecule has 0 aliphatic heterocycles. The lowest BCUT2D eigenvalue weighted by Gasteiger charge is -2.30. The van der Waals surface area contributed by atoms with Gasteiger partial charge in [-0.3, -0.25) is 9.59 Å². The van der Waals surface area contributed by atoms with E-state index in [2.05, 4.69) is 5.32 Å². The van der Waals surface area contributed by atoms with Gasteiger partial charge in [0.2, 0.25) is 21.8 Å². The van der Waals surface area contributed by atoms with Crippen molar-refractivity contribution in [3.63, 3.8) is 0 Å². The summed E-state index contributed by atoms with van der Waals surface area (Å²) in [7, 11) is -2.66. The minimum absolute atomic E-state index is 0.00659. The Hall–Kier alpha value is -2.49. The van der Waals surface area contributed by atoms with Crippen LogP contribution < -0.4 is 5.32 Å². The maximum absolute atomic E-state index is 13.3. The highest BCUT2D eigenvalue weighted by Gasteiger charge is 2.30. The number of halogens is 2. The average molecular weight is 484 g/mol. The zero-order valence-corrected chi connectivity index (χ0v) is 20.0. The van der Waals surface area contributed by atoms with Crippen molar-refractivity contribution in [2.24, 2.45) is 0 Å². The maximum Gasteiger partial charge on any atom is 0.243 e. The van der Waals surface area contributed by atoms with Gasteiger partial charge in [-0.15, -0.1) is 0 Å². The van der Waals surface area contributed by atoms with Crippen LogP contribution in [-0.4, -0.2) is 55.1 Å². The van der Waals surface area contributed by atoms with Crippen LogP contribution in [0.5, 0.6) is 0 Å². The first kappa shape index (κ1) is 25.8. The number of benzene rings is 2. The molecule has 0 aliphatic rings. The second kappa shape index (κ2) is 10.9. The third kappa shape index (κ3) is 6.75. The van der Waals surface area contributed by atoms with Crippen LogP contribution in [-0.2, 0) is 26.2 Å². The molecular formula is C22H27ClFN3O4S. The van der Waals surface area contributed by atoms with E-state index in [-0.39, 0.29) is 23.4 Å². The number of nitrogens with zero attached hydrogens (tertiary/aromatic N) is 2. The molecule has 1 N–H and O–H groups in total. The zero-order valence-electron chi connectivity index (χ0n) is 18.4. The number of rotatable bonds is 9. The van der Waals surface area contributed by atoms with Gasteiger partial charge in [0.15, 0.2) is 0 Å². The number of hydrogen-bond acceptors (Lipinski definition) is 4. The number of carbonyl (C=O) groups excluding carboxylic acids is 2. The SMILES string of the molecule is CC(C)NC(=O)[C@H](C)N(Cc1ccc(F)cc1)C(=O)CN(C)S(=O)(=O)c1ccc(Cl)cc1. The Morgan fingerprint density at radius 3 is 2.12 bits per heavy atom. The molecule has 0 spiro atoms. The van der Waals surface area contributed by atoms with Gasteiger partial charge in [-0.05, 0) is 62.7 Å². The van der Waals surface area contributed by atoms with Crippen LogP contribution in [0, 0.1) is 5.82 Å². The summed E-state index contributed by atoms with van der Waals surface area (Å²) in [5, 5.41) is 3.14. The monoisotopic (exact) mass is 483 g/mol. The van der Waals surface area contributed by atoms with E-state index in [1.807, 2.05) is 0 Å². The number of carbonyl (C=O) groups is 2. The van der Waals surface area contributed by atoms with Gasteiger partial charge in [0.1, 0.15) is 11.9 Å². The van der Waals surface area contributed by atoms with Gasteiger partial charge < -0.3 is 10.2 Å². The van der Waals surface area contributed by atoms with Crippen LogP contribution >= 0.6 is 11.6 Å². The lowest BCUT2D eigenvalue weighted by Crippen LogP contribution is -2.51. The average Bonchev–Trinajstić information content (AvgIpc) is 2.72. The summed E-state index contributed by atoms with van der Waals surface area (Å²) in [6.45, 7) is 4.69. The first-order valence-corrected chi connectivity index (χ1v) is 11.8. The normalized spacial score (nSPS) is 12.6. The minimum atomic E-state index is -3.95. The van der Waals surface area contributed by atoms with Gasteiger partial charge in [-0.2, -0.15) is 4.31 Å². The summed E-state index contributed by atoms with van der Waals surface area (Å²) in [6, 6.07) is 10.1. The molecule has 0 bridgehead atoms. The fourth-order valence-electron chi connectivity index (χ4n) is 2.93. The summed E-state index contributed by atoms with van der Waals surface area (Å²) in [4.78, 5) is 27.0. The number of sulfonamides is 1. The Balaban J connectivity index is 2.26. The van der Waals surface area contributed by atoms with Gasteiger partial charge in [-0.1, -0.05) is 23.7 Å². The highest BCUT2D eigenvalue weighted by atomic mass is 35.5. The van der Waals surface area contributed by atoms with Gasteiger partial charge in [-0.25, -0.2) is 12.8 Å². The number of nitrogens with one attached hydrogen (secondary N) is 1. The zero-order chi connectivity index (χ0) is 24.1. The van der Waals surface area contributed by atoms with Crippen molar-refractivity contribution < 1.29 is 22.4 Å². The molecule has 2 aromatic carbocycles. The summed E-state index contributed by atoms with van der Waals surface area (Å²) in [6.07, 6.45) is 0. The van der Waals surface area contributed by atoms with Crippen molar-refractivity contribution in [2.45, 2.75) is 44.3 Å². The first-order chi connectivity index (χ1) is 14.9. The quantitative estimate of drug-likeness (QED) is 0.594. The molecule has 2 rings (SSSR count). The van der Waals surface area contributed by atoms with Crippen molar-refractivity contribution in [1.29, 1.82) is 0 Å². The summed E-state index contributed by atoms with van der Waals surface area (Å²) < 4.78 is 39.9. The Bertz CT molecular complexity index is 1040. The third-order valence-electron chi connectivity index (χ3n) is 4.74. The van der Waals surface area contributed by atoms with Crippen molar-refractivity contribution in [1.82, 2.24) is 14.5 Å². The van der Waals surface area contributed by atoms with Crippen LogP contribution in [0.25, 0.3) is 0 Å². The van der Waals surface area contributed by atoms with Crippen LogP contribution in [0.1, 0.15) is 26.3 Å². The van der Waals surface area contributed by atoms with Crippen molar-refractivity contribution in [2.75, 3.05) is 13.6 Å². The van der Waals surface area contributed by atoms with E-state index in [0.29, 0.717) is 10.6 Å². The lowest BCUT2D eigenvalue weighted by atomic mass is 10.1. The molecule has 0 saturated carbocycles. The number of amides is 2. The number of hydrogen-bond donors (Lipinski definition) is 1. The fraction of sp³-hybridized carbons (Fsp3) is 0.364. The molecule has 2 aromatic rings. The highest BCUT2D eigenvalue weighted by molar-refractivity contribution is 7.89. The molecule has 7 nitrogen and oxygen atoms in total. The van der Waals surface area contributed by atoms with E-state index >= 15 is 0 Å². The third-order valence-corrected chi connectivity index (χ3v) is 6.81. The molecule has 0 aromatic heterocycles. The lowest BCUT2D eigenvalue weighted by molar-refractivity contribution is -0.140. The Morgan fingerprint density at radius 2 is 1.59 bits per heavy atom. The molecule has 32 heavy (non-hydrogen) atoms. The van der Waals surface area contributed by atoms with Crippen molar-refractivity contribution >= 4 is 33.4 Å². The standard InChI is InChI=1S/C22H27ClFN3O4S/c1-15(2)25-22(29)16(3)27(13-17-5-9-19(24)10-6-17)21(28)14-26(4)32(30,31)20-11-7-18(23)8-12-20/h5-12,15-16H,13-14H2,1-4H3,(H,25,29)/t16-/m0/s1. The van der Waals surface area contributed by atoms with Crippen LogP contribution in [0.3, 0.4) is 0 Å². The predicted molar refractivity (Wildman–Crippen MR) is 121 cm³/mol. The smallest absolute Gasteiger partial charge is 0.243 e. The Kier molecular flexibility index (Phi) is 8.77. The molecule has 1 atom stereocenters. The maximum atomic E-state index is 13.3. The fourth-order valence-corrected chi connectivity index (χ4v) is 4.17. The molecule has 0 unspecified atom stereocenters. The van der Waals surface area contributed by atoms with Crippen molar-refractivity contribution in [3.05, 3.63) is 64.9 Å². The second-order valence-corrected chi connectivity index (χ2v) is 10.2. The van der Waals surface area contributed by atoms with E-state index in [0.717, 1.165) is 4.31 Å². The van der Waals surface area contributed by atoms with Crippen LogP contribution in [0.2, 0.25) is 5.02 Å². The minimum Gasteiger partial charge on any atom is -0.352 e. The summed E-state index contributed by atoms with van der Waals surface area (Å²) >= 11 is 5.82. The van der Waals surface area contributed by atoms with E-state index in [4.69, 9.17) is 11.6 Å². The topological polar surface area (TPSA) is 86.8 Å². The van der Waals surface area contributed by atoms with E-state index in [9.17, 15) is 22.4 Å². The van der Waals surface area contributed by atoms with Crippen LogP contribution in [0.15, 0.2) is 53.4 Å². The Labute approximate surface area is 193 Å². The molecule has 2 amide bonds. The van der Waals surface area contributed by atoms with Crippen LogP contribution in [0.4, 0.5) is 4.39 Å². The van der Waals surface area contributed by atoms with Gasteiger partial charge >= 0.3 is 0 Å². The summed E-state index contributed by atoms with van der Waals surface area (Å²) in [5.41, 5.74) is 0.604. The predicted octanol–water partition coefficient (Wildman–Crippen LogP) is 3.04. The largest absolute Gasteiger partial charge is 0.352 e. The number of likely N-dealkylation sites (N-methyl/N-ethyl adjacent to an activating group) is 1. The first-order valence-electron chi connectivity index (χ1n) is 9.98. The van der Waals surface area contributed by atoms with Crippen molar-refractivity contribution in [3.8, 4) is 0 Å². The van der Waals surface area contributed by atoms with Gasteiger partial charge in [0, 0.05) is 24.7 Å². The van der Waals surface area contributed by atoms with E-state index in [1.165, 1.54) is 60.5 Å². The molecule has 0 aliphatic carbocycles. The Morgan fingerprint density at radius 1 is 1.03 bits per heavy atom. The molecule has 0 radical (unpaired) electrons. The second-order valence-electron chi connectivity index (χ2n) is 7.70. The molecule has 0 saturated heterocycles. The molecular weight excluding hydrogens is 457 g/mol. The molecule has 10 heteroatoms. The van der Waals surface area contributed by atoms with Gasteiger partial charge in [0.05, 0.1) is 11.4 Å². The van der Waals surface area contributed by atoms with Gasteiger partial charge in [0.25, 0.3) is 0 Å². The molecule has 174 valence electrons. The summed E-state index contributed by atoms with van der Waals surface area (Å²) in [5.74, 6) is -1.37. The van der Waals surface area contributed by atoms with E-state index in [1.54, 1.807) is 20.8 Å².